The van der Waals surface area contributed by atoms with E-state index in [0.717, 1.165) is 19.1 Å². The van der Waals surface area contributed by atoms with Crippen LogP contribution in [0.5, 0.6) is 5.88 Å². The molecule has 0 spiro atoms. The van der Waals surface area contributed by atoms with Crippen LogP contribution in [0.3, 0.4) is 0 Å². The van der Waals surface area contributed by atoms with E-state index in [2.05, 4.69) is 4.98 Å². The maximum absolute atomic E-state index is 13.2. The quantitative estimate of drug-likeness (QED) is 0.455. The number of benzene rings is 1. The van der Waals surface area contributed by atoms with Crippen LogP contribution in [0.4, 0.5) is 0 Å². The van der Waals surface area contributed by atoms with Gasteiger partial charge in [0.25, 0.3) is 11.1 Å². The highest BCUT2D eigenvalue weighted by molar-refractivity contribution is 5.92. The summed E-state index contributed by atoms with van der Waals surface area (Å²) in [6.45, 7) is 1.59. The fraction of sp³-hybridized carbons (Fsp3) is 0.250. The van der Waals surface area contributed by atoms with Gasteiger partial charge in [-0.15, -0.1) is 0 Å². The smallest absolute Gasteiger partial charge is 0.349 e. The molecule has 0 radical (unpaired) electrons. The normalized spacial score (nSPS) is 11.3. The minimum absolute atomic E-state index is 0.0185. The van der Waals surface area contributed by atoms with Crippen molar-refractivity contribution >= 4 is 22.9 Å². The summed E-state index contributed by atoms with van der Waals surface area (Å²) in [7, 11) is 2.69. The summed E-state index contributed by atoms with van der Waals surface area (Å²) < 4.78 is 9.07. The molecule has 31 heavy (non-hydrogen) atoms. The molecule has 1 N–H and O–H groups in total. The summed E-state index contributed by atoms with van der Waals surface area (Å²) in [4.78, 5) is 55.2. The van der Waals surface area contributed by atoms with Gasteiger partial charge in [0.1, 0.15) is 0 Å². The summed E-state index contributed by atoms with van der Waals surface area (Å²) >= 11 is 0. The number of aryl methyl sites for hydroxylation is 1. The molecule has 0 saturated heterocycles. The number of aromatic nitrogens is 5. The van der Waals surface area contributed by atoms with Crippen molar-refractivity contribution in [3.05, 3.63) is 72.7 Å². The Bertz CT molecular complexity index is 1520. The van der Waals surface area contributed by atoms with Crippen LogP contribution in [-0.2, 0) is 25.4 Å². The van der Waals surface area contributed by atoms with Crippen molar-refractivity contribution in [1.29, 1.82) is 0 Å². The number of esters is 1. The fourth-order valence-electron chi connectivity index (χ4n) is 3.49. The number of hydrogen-bond acceptors (Lipinski definition) is 7. The van der Waals surface area contributed by atoms with Crippen molar-refractivity contribution < 1.29 is 14.6 Å². The predicted octanol–water partition coefficient (Wildman–Crippen LogP) is -0.0228. The lowest BCUT2D eigenvalue weighted by molar-refractivity contribution is 0.0518. The first-order valence-electron chi connectivity index (χ1n) is 9.42. The molecular formula is C20H19N5O6. The lowest BCUT2D eigenvalue weighted by Crippen LogP contribution is -2.38. The SMILES string of the molecule is CCOC(=O)c1c(O)n(Cc2ccccc2)c2nc3c(c(=O)n(C)c(=O)n3C)n2c1=O. The molecule has 0 aliphatic rings. The van der Waals surface area contributed by atoms with E-state index < -0.39 is 34.2 Å². The number of aromatic hydroxyl groups is 1. The molecular weight excluding hydrogens is 406 g/mol. The molecule has 3 heterocycles. The van der Waals surface area contributed by atoms with Crippen molar-refractivity contribution in [3.8, 4) is 5.88 Å². The van der Waals surface area contributed by atoms with E-state index in [1.54, 1.807) is 31.2 Å². The van der Waals surface area contributed by atoms with E-state index in [-0.39, 0.29) is 30.1 Å². The molecule has 11 nitrogen and oxygen atoms in total. The van der Waals surface area contributed by atoms with Gasteiger partial charge in [0.15, 0.2) is 16.7 Å². The van der Waals surface area contributed by atoms with Gasteiger partial charge in [0.2, 0.25) is 11.7 Å². The lowest BCUT2D eigenvalue weighted by atomic mass is 10.2. The Labute approximate surface area is 174 Å². The molecule has 1 aromatic carbocycles. The Hall–Kier alpha value is -4.15. The highest BCUT2D eigenvalue weighted by Gasteiger charge is 2.28. The van der Waals surface area contributed by atoms with E-state index in [9.17, 15) is 24.3 Å². The highest BCUT2D eigenvalue weighted by atomic mass is 16.5. The van der Waals surface area contributed by atoms with Gasteiger partial charge in [-0.2, -0.15) is 4.98 Å². The Morgan fingerprint density at radius 1 is 1.06 bits per heavy atom. The molecule has 11 heteroatoms. The molecule has 3 aromatic heterocycles. The third kappa shape index (κ3) is 2.93. The second kappa shape index (κ2) is 7.27. The van der Waals surface area contributed by atoms with Gasteiger partial charge in [-0.1, -0.05) is 30.3 Å². The molecule has 0 amide bonds. The number of fused-ring (bicyclic) bond motifs is 3. The van der Waals surface area contributed by atoms with Gasteiger partial charge in [-0.05, 0) is 12.5 Å². The maximum atomic E-state index is 13.2. The van der Waals surface area contributed by atoms with Gasteiger partial charge in [0, 0.05) is 14.1 Å². The van der Waals surface area contributed by atoms with E-state index in [1.165, 1.54) is 18.7 Å². The standard InChI is InChI=1S/C20H19N5O6/c1-4-31-18(29)12-15(26)24(10-11-8-6-5-7-9-11)19-21-14-13(25(19)16(12)27)17(28)23(3)20(30)22(14)2/h5-9,26H,4,10H2,1-3H3. The van der Waals surface area contributed by atoms with E-state index in [0.29, 0.717) is 0 Å². The first-order valence-corrected chi connectivity index (χ1v) is 9.42. The third-order valence-electron chi connectivity index (χ3n) is 5.04. The highest BCUT2D eigenvalue weighted by Crippen LogP contribution is 2.22. The van der Waals surface area contributed by atoms with Crippen LogP contribution >= 0.6 is 0 Å². The average molecular weight is 425 g/mol. The third-order valence-corrected chi connectivity index (χ3v) is 5.04. The van der Waals surface area contributed by atoms with Crippen molar-refractivity contribution in [1.82, 2.24) is 23.1 Å². The summed E-state index contributed by atoms with van der Waals surface area (Å²) in [5, 5.41) is 10.9. The zero-order valence-electron chi connectivity index (χ0n) is 17.0. The van der Waals surface area contributed by atoms with Crippen LogP contribution in [0.1, 0.15) is 22.8 Å². The van der Waals surface area contributed by atoms with Gasteiger partial charge >= 0.3 is 11.7 Å². The van der Waals surface area contributed by atoms with E-state index in [4.69, 9.17) is 4.74 Å². The Kier molecular flexibility index (Phi) is 4.72. The summed E-state index contributed by atoms with van der Waals surface area (Å²) in [6, 6.07) is 8.97. The largest absolute Gasteiger partial charge is 0.494 e. The number of carbonyl (C=O) groups excluding carboxylic acids is 1. The molecule has 0 unspecified atom stereocenters. The van der Waals surface area contributed by atoms with Crippen LogP contribution < -0.4 is 16.8 Å². The summed E-state index contributed by atoms with van der Waals surface area (Å²) in [5.74, 6) is -1.76. The molecule has 0 fully saturated rings. The number of rotatable bonds is 4. The van der Waals surface area contributed by atoms with Crippen molar-refractivity contribution in [2.24, 2.45) is 14.1 Å². The topological polar surface area (TPSA) is 130 Å². The first kappa shape index (κ1) is 20.1. The molecule has 0 aliphatic carbocycles. The number of hydrogen-bond donors (Lipinski definition) is 1. The minimum Gasteiger partial charge on any atom is -0.494 e. The molecule has 160 valence electrons. The molecule has 0 bridgehead atoms. The second-order valence-electron chi connectivity index (χ2n) is 6.92. The molecule has 0 aliphatic heterocycles. The monoisotopic (exact) mass is 425 g/mol. The predicted molar refractivity (Wildman–Crippen MR) is 111 cm³/mol. The molecule has 0 saturated carbocycles. The Balaban J connectivity index is 2.22. The van der Waals surface area contributed by atoms with Crippen molar-refractivity contribution in [2.75, 3.05) is 6.61 Å². The van der Waals surface area contributed by atoms with Crippen molar-refractivity contribution in [3.63, 3.8) is 0 Å². The van der Waals surface area contributed by atoms with Crippen LogP contribution in [0, 0.1) is 0 Å². The molecule has 0 atom stereocenters. The lowest BCUT2D eigenvalue weighted by Gasteiger charge is -2.14. The number of ether oxygens (including phenoxy) is 1. The van der Waals surface area contributed by atoms with Crippen LogP contribution in [-0.4, -0.2) is 40.8 Å². The zero-order valence-corrected chi connectivity index (χ0v) is 17.0. The van der Waals surface area contributed by atoms with E-state index >= 15 is 0 Å². The van der Waals surface area contributed by atoms with Crippen molar-refractivity contribution in [2.45, 2.75) is 13.5 Å². The van der Waals surface area contributed by atoms with Crippen LogP contribution in [0.25, 0.3) is 16.9 Å². The maximum Gasteiger partial charge on any atom is 0.349 e. The summed E-state index contributed by atoms with van der Waals surface area (Å²) in [6.07, 6.45) is 0. The van der Waals surface area contributed by atoms with Crippen LogP contribution in [0.15, 0.2) is 44.7 Å². The second-order valence-corrected chi connectivity index (χ2v) is 6.92. The zero-order chi connectivity index (χ0) is 22.4. The number of carbonyl (C=O) groups is 1. The van der Waals surface area contributed by atoms with Gasteiger partial charge in [-0.3, -0.25) is 23.3 Å². The summed E-state index contributed by atoms with van der Waals surface area (Å²) in [5.41, 5.74) is -2.46. The van der Waals surface area contributed by atoms with Gasteiger partial charge < -0.3 is 9.84 Å². The van der Waals surface area contributed by atoms with Gasteiger partial charge in [-0.25, -0.2) is 14.0 Å². The van der Waals surface area contributed by atoms with Gasteiger partial charge in [0.05, 0.1) is 13.2 Å². The minimum atomic E-state index is -1.03. The molecule has 4 aromatic rings. The van der Waals surface area contributed by atoms with E-state index in [1.807, 2.05) is 6.07 Å². The molecule has 4 rings (SSSR count). The Morgan fingerprint density at radius 3 is 2.39 bits per heavy atom. The fourth-order valence-corrected chi connectivity index (χ4v) is 3.49. The first-order chi connectivity index (χ1) is 14.8. The average Bonchev–Trinajstić information content (AvgIpc) is 3.16. The Morgan fingerprint density at radius 2 is 1.74 bits per heavy atom. The number of imidazole rings is 1. The number of nitrogens with zero attached hydrogens (tertiary/aromatic N) is 5. The van der Waals surface area contributed by atoms with Crippen LogP contribution in [0.2, 0.25) is 0 Å².